The second-order valence-electron chi connectivity index (χ2n) is 5.44. The Labute approximate surface area is 121 Å². The van der Waals surface area contributed by atoms with Gasteiger partial charge in [0, 0.05) is 6.54 Å². The van der Waals surface area contributed by atoms with Crippen LogP contribution in [0.1, 0.15) is 25.3 Å². The fourth-order valence-electron chi connectivity index (χ4n) is 2.87. The molecule has 0 bridgehead atoms. The van der Waals surface area contributed by atoms with Crippen molar-refractivity contribution in [2.45, 2.75) is 32.7 Å². The normalized spacial score (nSPS) is 22.1. The molecule has 0 aromatic heterocycles. The number of halogens is 1. The summed E-state index contributed by atoms with van der Waals surface area (Å²) >= 11 is 0. The molecule has 1 saturated heterocycles. The fraction of sp³-hybridized carbons (Fsp3) is 0.500. The predicted molar refractivity (Wildman–Crippen MR) is 75.0 cm³/mol. The SMILES string of the molecule is Cc1cc(N2CCCC(C)C2C(=O)O)c([N+](=O)[O-])cc1F. The van der Waals surface area contributed by atoms with Crippen LogP contribution in [0.3, 0.4) is 0 Å². The zero-order valence-electron chi connectivity index (χ0n) is 11.9. The number of carboxylic acid groups (broad SMARTS) is 1. The Morgan fingerprint density at radius 2 is 2.19 bits per heavy atom. The number of carbonyl (C=O) groups is 1. The molecule has 0 aliphatic carbocycles. The molecular weight excluding hydrogens is 279 g/mol. The van der Waals surface area contributed by atoms with Crippen LogP contribution < -0.4 is 4.90 Å². The number of benzene rings is 1. The third-order valence-corrected chi connectivity index (χ3v) is 3.95. The summed E-state index contributed by atoms with van der Waals surface area (Å²) in [6.07, 6.45) is 1.50. The lowest BCUT2D eigenvalue weighted by Crippen LogP contribution is -2.49. The van der Waals surface area contributed by atoms with Crippen LogP contribution in [0, 0.1) is 28.8 Å². The van der Waals surface area contributed by atoms with Crippen LogP contribution in [-0.4, -0.2) is 28.6 Å². The van der Waals surface area contributed by atoms with Gasteiger partial charge in [-0.15, -0.1) is 0 Å². The van der Waals surface area contributed by atoms with Gasteiger partial charge in [-0.3, -0.25) is 10.1 Å². The summed E-state index contributed by atoms with van der Waals surface area (Å²) in [5.74, 6) is -1.80. The van der Waals surface area contributed by atoms with Gasteiger partial charge in [-0.1, -0.05) is 6.92 Å². The van der Waals surface area contributed by atoms with Crippen molar-refractivity contribution >= 4 is 17.3 Å². The summed E-state index contributed by atoms with van der Waals surface area (Å²) in [6, 6.07) is 1.40. The average Bonchev–Trinajstić information content (AvgIpc) is 2.40. The van der Waals surface area contributed by atoms with E-state index in [1.54, 1.807) is 0 Å². The Morgan fingerprint density at radius 1 is 1.52 bits per heavy atom. The Morgan fingerprint density at radius 3 is 2.76 bits per heavy atom. The number of rotatable bonds is 3. The molecule has 1 aliphatic rings. The predicted octanol–water partition coefficient (Wildman–Crippen LogP) is 2.73. The van der Waals surface area contributed by atoms with Gasteiger partial charge in [-0.25, -0.2) is 9.18 Å². The van der Waals surface area contributed by atoms with E-state index in [1.807, 2.05) is 6.92 Å². The van der Waals surface area contributed by atoms with Crippen LogP contribution in [-0.2, 0) is 4.79 Å². The molecule has 7 heteroatoms. The Kier molecular flexibility index (Phi) is 4.11. The highest BCUT2D eigenvalue weighted by atomic mass is 19.1. The number of nitro benzene ring substituents is 1. The van der Waals surface area contributed by atoms with Crippen molar-refractivity contribution in [1.29, 1.82) is 0 Å². The van der Waals surface area contributed by atoms with Crippen molar-refractivity contribution in [2.75, 3.05) is 11.4 Å². The molecule has 0 saturated carbocycles. The first-order valence-corrected chi connectivity index (χ1v) is 6.77. The van der Waals surface area contributed by atoms with Gasteiger partial charge in [0.25, 0.3) is 5.69 Å². The van der Waals surface area contributed by atoms with Gasteiger partial charge in [0.05, 0.1) is 11.0 Å². The van der Waals surface area contributed by atoms with E-state index in [-0.39, 0.29) is 17.2 Å². The van der Waals surface area contributed by atoms with Gasteiger partial charge in [-0.2, -0.15) is 0 Å². The van der Waals surface area contributed by atoms with Crippen molar-refractivity contribution < 1.29 is 19.2 Å². The van der Waals surface area contributed by atoms with E-state index < -0.39 is 28.4 Å². The maximum absolute atomic E-state index is 13.6. The van der Waals surface area contributed by atoms with E-state index in [9.17, 15) is 24.4 Å². The number of nitro groups is 1. The zero-order valence-corrected chi connectivity index (χ0v) is 11.9. The number of carboxylic acids is 1. The fourth-order valence-corrected chi connectivity index (χ4v) is 2.87. The average molecular weight is 296 g/mol. The first-order chi connectivity index (χ1) is 9.82. The van der Waals surface area contributed by atoms with E-state index in [2.05, 4.69) is 0 Å². The molecule has 1 aliphatic heterocycles. The zero-order chi connectivity index (χ0) is 15.7. The van der Waals surface area contributed by atoms with Gasteiger partial charge in [0.1, 0.15) is 17.5 Å². The second-order valence-corrected chi connectivity index (χ2v) is 5.44. The summed E-state index contributed by atoms with van der Waals surface area (Å²) < 4.78 is 13.6. The summed E-state index contributed by atoms with van der Waals surface area (Å²) in [6.45, 7) is 3.73. The number of aliphatic carboxylic acids is 1. The van der Waals surface area contributed by atoms with Gasteiger partial charge in [-0.05, 0) is 37.3 Å². The standard InChI is InChI=1S/C14H17FN2O4/c1-8-4-3-5-16(13(8)14(18)19)11-6-9(2)10(15)7-12(11)17(20)21/h6-8,13H,3-5H2,1-2H3,(H,18,19). The third-order valence-electron chi connectivity index (χ3n) is 3.95. The number of hydrogen-bond donors (Lipinski definition) is 1. The Bertz CT molecular complexity index is 591. The van der Waals surface area contributed by atoms with Crippen molar-refractivity contribution in [3.63, 3.8) is 0 Å². The largest absolute Gasteiger partial charge is 0.480 e. The van der Waals surface area contributed by atoms with Crippen LogP contribution in [0.2, 0.25) is 0 Å². The lowest BCUT2D eigenvalue weighted by atomic mass is 9.90. The topological polar surface area (TPSA) is 83.7 Å². The molecule has 1 N–H and O–H groups in total. The van der Waals surface area contributed by atoms with Gasteiger partial charge in [0.15, 0.2) is 0 Å². The third kappa shape index (κ3) is 2.81. The van der Waals surface area contributed by atoms with Crippen molar-refractivity contribution in [3.8, 4) is 0 Å². The number of nitrogens with zero attached hydrogens (tertiary/aromatic N) is 2. The summed E-state index contributed by atoms with van der Waals surface area (Å²) in [4.78, 5) is 23.5. The smallest absolute Gasteiger partial charge is 0.326 e. The number of piperidine rings is 1. The highest BCUT2D eigenvalue weighted by Gasteiger charge is 2.37. The monoisotopic (exact) mass is 296 g/mol. The molecule has 2 atom stereocenters. The first kappa shape index (κ1) is 15.2. The second kappa shape index (κ2) is 5.67. The molecule has 1 fully saturated rings. The molecule has 1 aromatic carbocycles. The molecular formula is C14H17FN2O4. The highest BCUT2D eigenvalue weighted by Crippen LogP contribution is 2.36. The van der Waals surface area contributed by atoms with E-state index in [0.717, 1.165) is 18.9 Å². The highest BCUT2D eigenvalue weighted by molar-refractivity contribution is 5.81. The lowest BCUT2D eigenvalue weighted by molar-refractivity contribution is -0.384. The maximum Gasteiger partial charge on any atom is 0.326 e. The van der Waals surface area contributed by atoms with Gasteiger partial charge < -0.3 is 10.0 Å². The minimum Gasteiger partial charge on any atom is -0.480 e. The molecule has 6 nitrogen and oxygen atoms in total. The van der Waals surface area contributed by atoms with Gasteiger partial charge >= 0.3 is 5.97 Å². The molecule has 21 heavy (non-hydrogen) atoms. The van der Waals surface area contributed by atoms with Crippen LogP contribution >= 0.6 is 0 Å². The van der Waals surface area contributed by atoms with E-state index in [1.165, 1.54) is 17.9 Å². The van der Waals surface area contributed by atoms with E-state index in [4.69, 9.17) is 0 Å². The molecule has 0 radical (unpaired) electrons. The molecule has 0 spiro atoms. The molecule has 0 amide bonds. The summed E-state index contributed by atoms with van der Waals surface area (Å²) in [5, 5.41) is 20.6. The molecule has 2 rings (SSSR count). The van der Waals surface area contributed by atoms with E-state index >= 15 is 0 Å². The maximum atomic E-state index is 13.6. The van der Waals surface area contributed by atoms with Gasteiger partial charge in [0.2, 0.25) is 0 Å². The first-order valence-electron chi connectivity index (χ1n) is 6.77. The number of aryl methyl sites for hydroxylation is 1. The molecule has 114 valence electrons. The van der Waals surface area contributed by atoms with Crippen LogP contribution in [0.5, 0.6) is 0 Å². The summed E-state index contributed by atoms with van der Waals surface area (Å²) in [7, 11) is 0. The number of anilines is 1. The molecule has 1 heterocycles. The minimum absolute atomic E-state index is 0.124. The van der Waals surface area contributed by atoms with Crippen molar-refractivity contribution in [3.05, 3.63) is 33.6 Å². The Balaban J connectivity index is 2.55. The minimum atomic E-state index is -1.02. The van der Waals surface area contributed by atoms with E-state index in [0.29, 0.717) is 6.54 Å². The molecule has 1 aromatic rings. The molecule has 2 unspecified atom stereocenters. The van der Waals surface area contributed by atoms with Crippen LogP contribution in [0.4, 0.5) is 15.8 Å². The van der Waals surface area contributed by atoms with Crippen molar-refractivity contribution in [2.24, 2.45) is 5.92 Å². The lowest BCUT2D eigenvalue weighted by Gasteiger charge is -2.38. The summed E-state index contributed by atoms with van der Waals surface area (Å²) in [5.41, 5.74) is 0.0502. The van der Waals surface area contributed by atoms with Crippen LogP contribution in [0.25, 0.3) is 0 Å². The Hall–Kier alpha value is -2.18. The number of hydrogen-bond acceptors (Lipinski definition) is 4. The quantitative estimate of drug-likeness (QED) is 0.685. The van der Waals surface area contributed by atoms with Crippen LogP contribution in [0.15, 0.2) is 12.1 Å². The van der Waals surface area contributed by atoms with Crippen molar-refractivity contribution in [1.82, 2.24) is 0 Å².